The third-order valence-electron chi connectivity index (χ3n) is 5.40. The monoisotopic (exact) mass is 472 g/mol. The van der Waals surface area contributed by atoms with Crippen molar-refractivity contribution in [1.29, 1.82) is 0 Å². The van der Waals surface area contributed by atoms with Crippen LogP contribution < -0.4 is 0 Å². The number of hydrogen-bond donors (Lipinski definition) is 0. The minimum Gasteiger partial charge on any atom is -0.260 e. The van der Waals surface area contributed by atoms with Crippen molar-refractivity contribution in [2.45, 2.75) is 31.1 Å². The molecule has 1 saturated carbocycles. The molecule has 4 aromatic rings. The second-order valence-corrected chi connectivity index (χ2v) is 7.85. The first-order chi connectivity index (χ1) is 16.1. The summed E-state index contributed by atoms with van der Waals surface area (Å²) in [7, 11) is 0. The van der Waals surface area contributed by atoms with Crippen LogP contribution in [0.2, 0.25) is 0 Å². The minimum atomic E-state index is -4.78. The fraction of sp³-hybridized carbons (Fsp3) is 0.208. The van der Waals surface area contributed by atoms with E-state index in [1.54, 1.807) is 18.3 Å². The standard InChI is InChI=1S/C24H14F6N4/c25-23(26,27)18-9-7-14(8-10-18)19-12-20(24(28,29)30)34-22(33-19)17(13-32-34)6-5-15-2-1-11-31-21(15)16-3-4-16/h1-2,7-13,16H,3-4H2. The molecule has 0 saturated heterocycles. The molecule has 4 nitrogen and oxygen atoms in total. The molecule has 1 aliphatic rings. The number of hydrogen-bond acceptors (Lipinski definition) is 3. The van der Waals surface area contributed by atoms with Crippen molar-refractivity contribution in [2.24, 2.45) is 0 Å². The highest BCUT2D eigenvalue weighted by Gasteiger charge is 2.36. The van der Waals surface area contributed by atoms with Crippen molar-refractivity contribution in [3.63, 3.8) is 0 Å². The smallest absolute Gasteiger partial charge is 0.260 e. The van der Waals surface area contributed by atoms with Crippen LogP contribution in [0.1, 0.15) is 46.8 Å². The van der Waals surface area contributed by atoms with E-state index in [0.29, 0.717) is 16.0 Å². The molecule has 172 valence electrons. The lowest BCUT2D eigenvalue weighted by Gasteiger charge is -2.12. The third kappa shape index (κ3) is 4.21. The van der Waals surface area contributed by atoms with Crippen LogP contribution in [0.15, 0.2) is 54.9 Å². The summed E-state index contributed by atoms with van der Waals surface area (Å²) < 4.78 is 80.5. The topological polar surface area (TPSA) is 43.1 Å². The largest absolute Gasteiger partial charge is 0.433 e. The van der Waals surface area contributed by atoms with E-state index in [1.807, 2.05) is 0 Å². The van der Waals surface area contributed by atoms with E-state index in [9.17, 15) is 26.3 Å². The number of halogens is 6. The van der Waals surface area contributed by atoms with E-state index in [0.717, 1.165) is 48.9 Å². The van der Waals surface area contributed by atoms with Gasteiger partial charge in [0.25, 0.3) is 0 Å². The van der Waals surface area contributed by atoms with Gasteiger partial charge in [0.1, 0.15) is 0 Å². The number of nitrogens with zero attached hydrogens (tertiary/aromatic N) is 4. The van der Waals surface area contributed by atoms with Crippen molar-refractivity contribution in [1.82, 2.24) is 19.6 Å². The normalized spacial score (nSPS) is 14.2. The van der Waals surface area contributed by atoms with Crippen LogP contribution in [0.3, 0.4) is 0 Å². The van der Waals surface area contributed by atoms with Gasteiger partial charge in [-0.2, -0.15) is 31.4 Å². The molecule has 34 heavy (non-hydrogen) atoms. The van der Waals surface area contributed by atoms with Gasteiger partial charge in [-0.05, 0) is 43.2 Å². The third-order valence-corrected chi connectivity index (χ3v) is 5.40. The molecule has 0 atom stereocenters. The molecule has 0 amide bonds. The van der Waals surface area contributed by atoms with Gasteiger partial charge in [0.15, 0.2) is 11.3 Å². The summed E-state index contributed by atoms with van der Waals surface area (Å²) in [6.45, 7) is 0. The van der Waals surface area contributed by atoms with Crippen LogP contribution in [0, 0.1) is 11.8 Å². The molecule has 0 N–H and O–H groups in total. The van der Waals surface area contributed by atoms with Crippen molar-refractivity contribution < 1.29 is 26.3 Å². The lowest BCUT2D eigenvalue weighted by atomic mass is 10.1. The Hall–Kier alpha value is -3.87. The average Bonchev–Trinajstić information content (AvgIpc) is 3.56. The Morgan fingerprint density at radius 3 is 2.24 bits per heavy atom. The van der Waals surface area contributed by atoms with Crippen LogP contribution in [-0.4, -0.2) is 19.6 Å². The quantitative estimate of drug-likeness (QED) is 0.261. The summed E-state index contributed by atoms with van der Waals surface area (Å²) in [5, 5.41) is 3.82. The summed E-state index contributed by atoms with van der Waals surface area (Å²) in [6.07, 6.45) is -4.46. The summed E-state index contributed by atoms with van der Waals surface area (Å²) >= 11 is 0. The van der Waals surface area contributed by atoms with E-state index in [4.69, 9.17) is 0 Å². The van der Waals surface area contributed by atoms with Gasteiger partial charge in [-0.15, -0.1) is 0 Å². The average molecular weight is 472 g/mol. The zero-order valence-corrected chi connectivity index (χ0v) is 17.2. The zero-order chi connectivity index (χ0) is 24.1. The van der Waals surface area contributed by atoms with Crippen LogP contribution in [0.25, 0.3) is 16.9 Å². The number of pyridine rings is 1. The van der Waals surface area contributed by atoms with Gasteiger partial charge in [0.05, 0.1) is 28.7 Å². The first-order valence-electron chi connectivity index (χ1n) is 10.2. The molecule has 1 aromatic carbocycles. The summed E-state index contributed by atoms with van der Waals surface area (Å²) in [4.78, 5) is 8.61. The molecule has 0 radical (unpaired) electrons. The lowest BCUT2D eigenvalue weighted by Crippen LogP contribution is -2.13. The van der Waals surface area contributed by atoms with Crippen LogP contribution in [-0.2, 0) is 12.4 Å². The number of rotatable bonds is 2. The number of benzene rings is 1. The van der Waals surface area contributed by atoms with Gasteiger partial charge in [-0.3, -0.25) is 4.98 Å². The highest BCUT2D eigenvalue weighted by Crippen LogP contribution is 2.40. The van der Waals surface area contributed by atoms with E-state index < -0.39 is 23.6 Å². The van der Waals surface area contributed by atoms with E-state index >= 15 is 0 Å². The number of aromatic nitrogens is 4. The SMILES string of the molecule is FC(F)(F)c1ccc(-c2cc(C(F)(F)F)n3ncc(C#Cc4cccnc4C4CC4)c3n2)cc1. The second kappa shape index (κ2) is 7.87. The minimum absolute atomic E-state index is 0.101. The highest BCUT2D eigenvalue weighted by molar-refractivity contribution is 5.67. The first kappa shape index (κ1) is 21.9. The molecular formula is C24H14F6N4. The fourth-order valence-corrected chi connectivity index (χ4v) is 3.57. The predicted octanol–water partition coefficient (Wildman–Crippen LogP) is 6.11. The van der Waals surface area contributed by atoms with Gasteiger partial charge in [-0.1, -0.05) is 24.0 Å². The lowest BCUT2D eigenvalue weighted by molar-refractivity contribution is -0.142. The molecular weight excluding hydrogens is 458 g/mol. The molecule has 0 bridgehead atoms. The summed E-state index contributed by atoms with van der Waals surface area (Å²) in [5.41, 5.74) is -0.520. The van der Waals surface area contributed by atoms with Gasteiger partial charge >= 0.3 is 12.4 Å². The Bertz CT molecular complexity index is 1440. The van der Waals surface area contributed by atoms with Crippen molar-refractivity contribution in [2.75, 3.05) is 0 Å². The molecule has 3 aromatic heterocycles. The molecule has 0 unspecified atom stereocenters. The maximum atomic E-state index is 13.8. The van der Waals surface area contributed by atoms with E-state index in [1.165, 1.54) is 6.20 Å². The number of fused-ring (bicyclic) bond motifs is 1. The molecule has 0 spiro atoms. The van der Waals surface area contributed by atoms with Crippen molar-refractivity contribution >= 4 is 5.65 Å². The Morgan fingerprint density at radius 1 is 0.882 bits per heavy atom. The Balaban J connectivity index is 1.62. The molecule has 0 aliphatic heterocycles. The van der Waals surface area contributed by atoms with E-state index in [-0.39, 0.29) is 22.5 Å². The van der Waals surface area contributed by atoms with Crippen molar-refractivity contribution in [3.8, 4) is 23.1 Å². The second-order valence-electron chi connectivity index (χ2n) is 7.85. The fourth-order valence-electron chi connectivity index (χ4n) is 3.57. The Labute approximate surface area is 189 Å². The van der Waals surface area contributed by atoms with Gasteiger partial charge in [0.2, 0.25) is 0 Å². The predicted molar refractivity (Wildman–Crippen MR) is 111 cm³/mol. The Morgan fingerprint density at radius 2 is 1.59 bits per heavy atom. The molecule has 5 rings (SSSR count). The van der Waals surface area contributed by atoms with Crippen molar-refractivity contribution in [3.05, 3.63) is 82.9 Å². The van der Waals surface area contributed by atoms with E-state index in [2.05, 4.69) is 26.9 Å². The van der Waals surface area contributed by atoms with Gasteiger partial charge in [-0.25, -0.2) is 9.50 Å². The van der Waals surface area contributed by atoms with Crippen LogP contribution in [0.4, 0.5) is 26.3 Å². The summed E-state index contributed by atoms with van der Waals surface area (Å²) in [5.74, 6) is 6.13. The van der Waals surface area contributed by atoms with Gasteiger partial charge in [0, 0.05) is 23.2 Å². The highest BCUT2D eigenvalue weighted by atomic mass is 19.4. The molecule has 3 heterocycles. The Kier molecular flexibility index (Phi) is 5.08. The molecule has 1 aliphatic carbocycles. The maximum absolute atomic E-state index is 13.8. The zero-order valence-electron chi connectivity index (χ0n) is 17.2. The number of alkyl halides is 6. The van der Waals surface area contributed by atoms with Gasteiger partial charge < -0.3 is 0 Å². The molecule has 1 fully saturated rings. The first-order valence-corrected chi connectivity index (χ1v) is 10.2. The maximum Gasteiger partial charge on any atom is 0.433 e. The van der Waals surface area contributed by atoms with Crippen LogP contribution in [0.5, 0.6) is 0 Å². The summed E-state index contributed by atoms with van der Waals surface area (Å²) in [6, 6.07) is 8.05. The van der Waals surface area contributed by atoms with Crippen LogP contribution >= 0.6 is 0 Å². The molecule has 10 heteroatoms.